The number of nitrogens with zero attached hydrogens (tertiary/aromatic N) is 2. The molecule has 2 amide bonds. The number of likely N-dealkylation sites (tertiary alicyclic amines) is 1. The van der Waals surface area contributed by atoms with Crippen molar-refractivity contribution < 1.29 is 27.9 Å². The molecule has 2 atom stereocenters. The molecule has 0 bridgehead atoms. The predicted octanol–water partition coefficient (Wildman–Crippen LogP) is 4.65. The van der Waals surface area contributed by atoms with Crippen LogP contribution in [0.5, 0.6) is 0 Å². The summed E-state index contributed by atoms with van der Waals surface area (Å²) in [5.74, 6) is -1.00. The molecule has 198 valence electrons. The van der Waals surface area contributed by atoms with E-state index >= 15 is 0 Å². The summed E-state index contributed by atoms with van der Waals surface area (Å²) in [6, 6.07) is 13.0. The number of hydrogen-bond donors (Lipinski definition) is 2. The largest absolute Gasteiger partial charge is 0.416 e. The number of halogens is 3. The number of alkyl halides is 3. The van der Waals surface area contributed by atoms with E-state index < -0.39 is 23.3 Å². The van der Waals surface area contributed by atoms with E-state index in [9.17, 15) is 27.9 Å². The van der Waals surface area contributed by atoms with Crippen LogP contribution in [-0.4, -0.2) is 39.9 Å². The first-order chi connectivity index (χ1) is 18.1. The summed E-state index contributed by atoms with van der Waals surface area (Å²) in [5, 5.41) is 15.2. The fraction of sp³-hybridized carbons (Fsp3) is 0.414. The van der Waals surface area contributed by atoms with Crippen molar-refractivity contribution in [2.24, 2.45) is 5.41 Å². The molecule has 3 aliphatic rings. The van der Waals surface area contributed by atoms with Crippen LogP contribution in [0.2, 0.25) is 0 Å². The Hall–Kier alpha value is -3.30. The van der Waals surface area contributed by atoms with Crippen molar-refractivity contribution in [2.75, 3.05) is 13.1 Å². The van der Waals surface area contributed by atoms with Gasteiger partial charge in [0.15, 0.2) is 0 Å². The number of pyridine rings is 1. The number of nitrogens with one attached hydrogen (secondary N) is 1. The highest BCUT2D eigenvalue weighted by molar-refractivity contribution is 6.01. The summed E-state index contributed by atoms with van der Waals surface area (Å²) in [4.78, 5) is 30.6. The van der Waals surface area contributed by atoms with Gasteiger partial charge in [-0.05, 0) is 72.7 Å². The van der Waals surface area contributed by atoms with E-state index in [1.54, 1.807) is 6.20 Å². The quantitative estimate of drug-likeness (QED) is 0.487. The van der Waals surface area contributed by atoms with Gasteiger partial charge in [-0.2, -0.15) is 13.2 Å². The van der Waals surface area contributed by atoms with E-state index in [0.717, 1.165) is 52.6 Å². The number of aromatic nitrogens is 1. The number of rotatable bonds is 4. The molecular formula is C29H28F3N3O3. The number of carbonyl (C=O) groups is 2. The van der Waals surface area contributed by atoms with Crippen LogP contribution in [0.25, 0.3) is 10.9 Å². The average molecular weight is 524 g/mol. The molecule has 6 nitrogen and oxygen atoms in total. The maximum absolute atomic E-state index is 12.9. The summed E-state index contributed by atoms with van der Waals surface area (Å²) < 4.78 is 38.7. The van der Waals surface area contributed by atoms with Crippen LogP contribution in [0.3, 0.4) is 0 Å². The highest BCUT2D eigenvalue weighted by Gasteiger charge is 2.61. The maximum atomic E-state index is 12.9. The van der Waals surface area contributed by atoms with Crippen molar-refractivity contribution in [3.8, 4) is 0 Å². The molecule has 2 aromatic carbocycles. The van der Waals surface area contributed by atoms with Gasteiger partial charge in [0, 0.05) is 43.1 Å². The summed E-state index contributed by atoms with van der Waals surface area (Å²) in [6.07, 6.45) is 0.326. The minimum atomic E-state index is -4.35. The Morgan fingerprint density at radius 1 is 1.05 bits per heavy atom. The molecule has 9 heteroatoms. The molecule has 1 aliphatic carbocycles. The van der Waals surface area contributed by atoms with Gasteiger partial charge < -0.3 is 5.11 Å². The number of hydrogen-bond acceptors (Lipinski definition) is 5. The Labute approximate surface area is 217 Å². The summed E-state index contributed by atoms with van der Waals surface area (Å²) in [7, 11) is 0. The Kier molecular flexibility index (Phi) is 5.84. The molecule has 2 saturated heterocycles. The molecule has 2 N–H and O–H groups in total. The number of benzene rings is 2. The van der Waals surface area contributed by atoms with E-state index in [-0.39, 0.29) is 17.2 Å². The van der Waals surface area contributed by atoms with Gasteiger partial charge in [-0.3, -0.25) is 24.8 Å². The third-order valence-electron chi connectivity index (χ3n) is 8.56. The minimum absolute atomic E-state index is 0.260. The Bertz CT molecular complexity index is 1420. The highest BCUT2D eigenvalue weighted by atomic mass is 19.4. The van der Waals surface area contributed by atoms with E-state index in [4.69, 9.17) is 0 Å². The van der Waals surface area contributed by atoms with Crippen LogP contribution in [0.15, 0.2) is 54.7 Å². The molecule has 3 heterocycles. The van der Waals surface area contributed by atoms with E-state index in [1.807, 2.05) is 24.3 Å². The van der Waals surface area contributed by atoms with E-state index in [2.05, 4.69) is 15.2 Å². The van der Waals surface area contributed by atoms with Crippen molar-refractivity contribution >= 4 is 22.7 Å². The van der Waals surface area contributed by atoms with Crippen molar-refractivity contribution in [1.29, 1.82) is 0 Å². The molecule has 1 saturated carbocycles. The van der Waals surface area contributed by atoms with E-state index in [1.165, 1.54) is 12.1 Å². The monoisotopic (exact) mass is 523 g/mol. The Morgan fingerprint density at radius 3 is 2.50 bits per heavy atom. The van der Waals surface area contributed by atoms with Crippen LogP contribution in [-0.2, 0) is 27.9 Å². The average Bonchev–Trinajstić information content (AvgIpc) is 3.66. The molecule has 1 aromatic heterocycles. The lowest BCUT2D eigenvalue weighted by Crippen LogP contribution is -2.51. The first-order valence-electron chi connectivity index (χ1n) is 12.9. The SMILES string of the molecule is O=C1CC[C@@H](c2cnc3ccc([C@@]4(O)CCN(Cc5ccc(C(F)(F)F)cc5)CC45CC5)cc3c2)C(=O)N1. The Balaban J connectivity index is 1.22. The summed E-state index contributed by atoms with van der Waals surface area (Å²) >= 11 is 0. The van der Waals surface area contributed by atoms with Crippen LogP contribution in [0.4, 0.5) is 13.2 Å². The number of fused-ring (bicyclic) bond motifs is 1. The second kappa shape index (κ2) is 8.88. The van der Waals surface area contributed by atoms with Crippen LogP contribution >= 0.6 is 0 Å². The fourth-order valence-corrected chi connectivity index (χ4v) is 6.20. The van der Waals surface area contributed by atoms with Gasteiger partial charge in [0.1, 0.15) is 0 Å². The van der Waals surface area contributed by atoms with Gasteiger partial charge in [0.2, 0.25) is 11.8 Å². The molecule has 0 radical (unpaired) electrons. The van der Waals surface area contributed by atoms with Gasteiger partial charge in [0.05, 0.1) is 22.6 Å². The Morgan fingerprint density at radius 2 is 1.82 bits per heavy atom. The molecule has 0 unspecified atom stereocenters. The van der Waals surface area contributed by atoms with Gasteiger partial charge in [-0.15, -0.1) is 0 Å². The normalized spacial score (nSPS) is 25.5. The summed E-state index contributed by atoms with van der Waals surface area (Å²) in [6.45, 7) is 1.82. The van der Waals surface area contributed by atoms with Crippen molar-refractivity contribution in [3.63, 3.8) is 0 Å². The zero-order valence-electron chi connectivity index (χ0n) is 20.7. The number of piperidine rings is 2. The number of aliphatic hydroxyl groups is 1. The molecule has 2 aliphatic heterocycles. The first-order valence-corrected chi connectivity index (χ1v) is 12.9. The van der Waals surface area contributed by atoms with Gasteiger partial charge in [-0.25, -0.2) is 0 Å². The lowest BCUT2D eigenvalue weighted by molar-refractivity contribution is -0.138. The predicted molar refractivity (Wildman–Crippen MR) is 134 cm³/mol. The van der Waals surface area contributed by atoms with Crippen molar-refractivity contribution in [3.05, 3.63) is 77.0 Å². The second-order valence-corrected chi connectivity index (χ2v) is 11.0. The van der Waals surface area contributed by atoms with Crippen molar-refractivity contribution in [2.45, 2.75) is 56.3 Å². The maximum Gasteiger partial charge on any atom is 0.416 e. The number of amides is 2. The molecule has 3 fully saturated rings. The van der Waals surface area contributed by atoms with E-state index in [0.29, 0.717) is 38.9 Å². The van der Waals surface area contributed by atoms with Gasteiger partial charge >= 0.3 is 6.18 Å². The second-order valence-electron chi connectivity index (χ2n) is 11.0. The molecular weight excluding hydrogens is 495 g/mol. The molecule has 6 rings (SSSR count). The standard InChI is InChI=1S/C29H28F3N3O3/c30-29(31,32)21-3-1-18(2-4-21)16-35-12-11-28(38,27(17-35)9-10-27)22-5-7-24-19(14-22)13-20(15-33-24)23-6-8-25(36)34-26(23)37/h1-5,7,13-15,23,38H,6,8-12,16-17H2,(H,34,36,37)/t23-,28-/m0/s1. The molecule has 38 heavy (non-hydrogen) atoms. The van der Waals surface area contributed by atoms with Gasteiger partial charge in [0.25, 0.3) is 0 Å². The lowest BCUT2D eigenvalue weighted by atomic mass is 9.73. The highest BCUT2D eigenvalue weighted by Crippen LogP contribution is 2.62. The summed E-state index contributed by atoms with van der Waals surface area (Å²) in [5.41, 5.74) is 1.16. The minimum Gasteiger partial charge on any atom is -0.384 e. The zero-order valence-corrected chi connectivity index (χ0v) is 20.7. The zero-order chi connectivity index (χ0) is 26.7. The third kappa shape index (κ3) is 4.37. The molecule has 1 spiro atoms. The third-order valence-corrected chi connectivity index (χ3v) is 8.56. The first kappa shape index (κ1) is 25.0. The van der Waals surface area contributed by atoms with Crippen LogP contribution in [0.1, 0.15) is 60.3 Å². The number of carbonyl (C=O) groups excluding carboxylic acids is 2. The van der Waals surface area contributed by atoms with Gasteiger partial charge in [-0.1, -0.05) is 18.2 Å². The smallest absolute Gasteiger partial charge is 0.384 e. The topological polar surface area (TPSA) is 82.5 Å². The fourth-order valence-electron chi connectivity index (χ4n) is 6.20. The number of imide groups is 1. The van der Waals surface area contributed by atoms with Crippen molar-refractivity contribution in [1.82, 2.24) is 15.2 Å². The lowest BCUT2D eigenvalue weighted by Gasteiger charge is -2.46. The molecule has 3 aromatic rings. The van der Waals surface area contributed by atoms with Crippen LogP contribution < -0.4 is 5.32 Å². The van der Waals surface area contributed by atoms with Crippen LogP contribution in [0, 0.1) is 5.41 Å².